The predicted octanol–water partition coefficient (Wildman–Crippen LogP) is 2.46. The predicted molar refractivity (Wildman–Crippen MR) is 92.5 cm³/mol. The van der Waals surface area contributed by atoms with E-state index in [0.29, 0.717) is 0 Å². The van der Waals surface area contributed by atoms with Crippen LogP contribution in [-0.2, 0) is 17.8 Å². The Balaban J connectivity index is 1.89. The van der Waals surface area contributed by atoms with Crippen LogP contribution < -0.4 is 10.2 Å². The minimum atomic E-state index is 0.117. The third-order valence-electron chi connectivity index (χ3n) is 4.51. The molecule has 0 unspecified atom stereocenters. The number of amides is 1. The number of carbonyl (C=O) groups excluding carboxylic acids is 1. The summed E-state index contributed by atoms with van der Waals surface area (Å²) < 4.78 is 1.95. The van der Waals surface area contributed by atoms with Crippen LogP contribution in [0.5, 0.6) is 0 Å². The number of aryl methyl sites for hydroxylation is 1. The largest absolute Gasteiger partial charge is 0.318 e. The molecule has 23 heavy (non-hydrogen) atoms. The van der Waals surface area contributed by atoms with Gasteiger partial charge in [-0.1, -0.05) is 6.07 Å². The Morgan fingerprint density at radius 2 is 2.22 bits per heavy atom. The molecule has 0 spiro atoms. The molecule has 5 nitrogen and oxygen atoms in total. The zero-order valence-corrected chi connectivity index (χ0v) is 14.0. The van der Waals surface area contributed by atoms with Crippen molar-refractivity contribution in [2.75, 3.05) is 18.5 Å². The number of fused-ring (bicyclic) bond motifs is 1. The van der Waals surface area contributed by atoms with Gasteiger partial charge in [-0.05, 0) is 50.1 Å². The number of carbonyl (C=O) groups is 1. The number of likely N-dealkylation sites (N-methyl/N-ethyl adjacent to an activating group) is 1. The van der Waals surface area contributed by atoms with Crippen LogP contribution in [0.3, 0.4) is 0 Å². The molecule has 122 valence electrons. The van der Waals surface area contributed by atoms with Gasteiger partial charge in [-0.25, -0.2) is 0 Å². The minimum Gasteiger partial charge on any atom is -0.318 e. The van der Waals surface area contributed by atoms with Crippen LogP contribution in [0.25, 0.3) is 11.1 Å². The van der Waals surface area contributed by atoms with Crippen molar-refractivity contribution in [1.29, 1.82) is 0 Å². The third kappa shape index (κ3) is 3.15. The van der Waals surface area contributed by atoms with Crippen molar-refractivity contribution < 1.29 is 4.79 Å². The van der Waals surface area contributed by atoms with E-state index in [-0.39, 0.29) is 11.9 Å². The first kappa shape index (κ1) is 15.7. The van der Waals surface area contributed by atoms with Crippen LogP contribution >= 0.6 is 0 Å². The summed E-state index contributed by atoms with van der Waals surface area (Å²) >= 11 is 0. The SMILES string of the molecule is CNCCn1cc(-c2ccc3c(c2)CC[C@H](C)N3C(C)=O)cn1. The quantitative estimate of drug-likeness (QED) is 0.943. The Morgan fingerprint density at radius 3 is 2.96 bits per heavy atom. The second kappa shape index (κ2) is 6.54. The van der Waals surface area contributed by atoms with Gasteiger partial charge in [0.1, 0.15) is 0 Å². The number of nitrogens with zero attached hydrogens (tertiary/aromatic N) is 3. The summed E-state index contributed by atoms with van der Waals surface area (Å²) in [6.45, 7) is 5.52. The monoisotopic (exact) mass is 312 g/mol. The van der Waals surface area contributed by atoms with Gasteiger partial charge < -0.3 is 10.2 Å². The average Bonchev–Trinajstić information content (AvgIpc) is 3.00. The second-order valence-corrected chi connectivity index (χ2v) is 6.22. The molecule has 1 N–H and O–H groups in total. The van der Waals surface area contributed by atoms with Gasteiger partial charge in [0.2, 0.25) is 5.91 Å². The maximum atomic E-state index is 11.9. The highest BCUT2D eigenvalue weighted by Crippen LogP contribution is 2.34. The fourth-order valence-electron chi connectivity index (χ4n) is 3.27. The molecular formula is C18H24N4O. The van der Waals surface area contributed by atoms with Crippen LogP contribution in [0, 0.1) is 0 Å². The summed E-state index contributed by atoms with van der Waals surface area (Å²) in [7, 11) is 1.94. The molecule has 0 radical (unpaired) electrons. The number of benzene rings is 1. The van der Waals surface area contributed by atoms with E-state index in [2.05, 4.69) is 41.7 Å². The summed E-state index contributed by atoms with van der Waals surface area (Å²) in [5, 5.41) is 7.54. The summed E-state index contributed by atoms with van der Waals surface area (Å²) in [5.41, 5.74) is 4.59. The molecule has 0 fully saturated rings. The van der Waals surface area contributed by atoms with E-state index >= 15 is 0 Å². The van der Waals surface area contributed by atoms with E-state index in [4.69, 9.17) is 0 Å². The Morgan fingerprint density at radius 1 is 1.39 bits per heavy atom. The Labute approximate surface area is 137 Å². The fraction of sp³-hybridized carbons (Fsp3) is 0.444. The standard InChI is InChI=1S/C18H24N4O/c1-13-4-5-16-10-15(6-7-18(16)22(13)14(2)23)17-11-20-21(12-17)9-8-19-3/h6-7,10-13,19H,4-5,8-9H2,1-3H3/t13-/m0/s1. The van der Waals surface area contributed by atoms with Crippen molar-refractivity contribution in [2.45, 2.75) is 39.3 Å². The smallest absolute Gasteiger partial charge is 0.224 e. The summed E-state index contributed by atoms with van der Waals surface area (Å²) in [4.78, 5) is 13.9. The number of aromatic nitrogens is 2. The zero-order valence-electron chi connectivity index (χ0n) is 14.0. The van der Waals surface area contributed by atoms with Gasteiger partial charge in [0.05, 0.1) is 12.7 Å². The van der Waals surface area contributed by atoms with Crippen molar-refractivity contribution in [2.24, 2.45) is 0 Å². The maximum absolute atomic E-state index is 11.9. The zero-order chi connectivity index (χ0) is 16.4. The van der Waals surface area contributed by atoms with Crippen LogP contribution in [-0.4, -0.2) is 35.3 Å². The maximum Gasteiger partial charge on any atom is 0.224 e. The highest BCUT2D eigenvalue weighted by Gasteiger charge is 2.26. The molecule has 5 heteroatoms. The van der Waals surface area contributed by atoms with Gasteiger partial charge in [0, 0.05) is 37.0 Å². The summed E-state index contributed by atoms with van der Waals surface area (Å²) in [6, 6.07) is 6.64. The van der Waals surface area contributed by atoms with Gasteiger partial charge >= 0.3 is 0 Å². The van der Waals surface area contributed by atoms with Gasteiger partial charge in [-0.15, -0.1) is 0 Å². The fourth-order valence-corrected chi connectivity index (χ4v) is 3.27. The summed E-state index contributed by atoms with van der Waals surface area (Å²) in [6.07, 6.45) is 6.01. The molecule has 1 aromatic carbocycles. The van der Waals surface area contributed by atoms with Crippen LogP contribution in [0.4, 0.5) is 5.69 Å². The average molecular weight is 312 g/mol. The van der Waals surface area contributed by atoms with E-state index in [1.165, 1.54) is 5.56 Å². The Hall–Kier alpha value is -2.14. The minimum absolute atomic E-state index is 0.117. The first-order valence-corrected chi connectivity index (χ1v) is 8.20. The molecule has 1 amide bonds. The molecular weight excluding hydrogens is 288 g/mol. The first-order valence-electron chi connectivity index (χ1n) is 8.20. The van der Waals surface area contributed by atoms with Crippen LogP contribution in [0.15, 0.2) is 30.6 Å². The molecule has 1 aliphatic heterocycles. The van der Waals surface area contributed by atoms with Crippen LogP contribution in [0.2, 0.25) is 0 Å². The number of nitrogens with one attached hydrogen (secondary N) is 1. The van der Waals surface area contributed by atoms with Gasteiger partial charge in [0.15, 0.2) is 0 Å². The second-order valence-electron chi connectivity index (χ2n) is 6.22. The number of rotatable bonds is 4. The van der Waals surface area contributed by atoms with E-state index in [1.807, 2.05) is 22.8 Å². The van der Waals surface area contributed by atoms with Gasteiger partial charge in [0.25, 0.3) is 0 Å². The molecule has 1 aromatic heterocycles. The van der Waals surface area contributed by atoms with E-state index in [0.717, 1.165) is 42.7 Å². The lowest BCUT2D eigenvalue weighted by atomic mass is 9.94. The van der Waals surface area contributed by atoms with Crippen molar-refractivity contribution in [1.82, 2.24) is 15.1 Å². The Bertz CT molecular complexity index is 707. The highest BCUT2D eigenvalue weighted by molar-refractivity contribution is 5.94. The molecule has 1 aliphatic rings. The van der Waals surface area contributed by atoms with Crippen molar-refractivity contribution >= 4 is 11.6 Å². The number of anilines is 1. The lowest BCUT2D eigenvalue weighted by molar-refractivity contribution is -0.117. The van der Waals surface area contributed by atoms with E-state index in [9.17, 15) is 4.79 Å². The van der Waals surface area contributed by atoms with Crippen molar-refractivity contribution in [3.63, 3.8) is 0 Å². The third-order valence-corrected chi connectivity index (χ3v) is 4.51. The topological polar surface area (TPSA) is 50.2 Å². The van der Waals surface area contributed by atoms with Crippen molar-refractivity contribution in [3.8, 4) is 11.1 Å². The molecule has 2 aromatic rings. The molecule has 1 atom stereocenters. The molecule has 0 saturated heterocycles. The Kier molecular flexibility index (Phi) is 4.48. The van der Waals surface area contributed by atoms with Crippen molar-refractivity contribution in [3.05, 3.63) is 36.2 Å². The lowest BCUT2D eigenvalue weighted by Crippen LogP contribution is -2.40. The molecule has 0 saturated carbocycles. The highest BCUT2D eigenvalue weighted by atomic mass is 16.2. The van der Waals surface area contributed by atoms with E-state index < -0.39 is 0 Å². The molecule has 3 rings (SSSR count). The molecule has 0 bridgehead atoms. The van der Waals surface area contributed by atoms with E-state index in [1.54, 1.807) is 6.92 Å². The molecule has 0 aliphatic carbocycles. The number of hydrogen-bond donors (Lipinski definition) is 1. The first-order chi connectivity index (χ1) is 11.1. The van der Waals surface area contributed by atoms with Gasteiger partial charge in [-0.2, -0.15) is 5.10 Å². The lowest BCUT2D eigenvalue weighted by Gasteiger charge is -2.34. The van der Waals surface area contributed by atoms with Crippen LogP contribution in [0.1, 0.15) is 25.8 Å². The summed E-state index contributed by atoms with van der Waals surface area (Å²) in [5.74, 6) is 0.117. The van der Waals surface area contributed by atoms with Gasteiger partial charge in [-0.3, -0.25) is 9.48 Å². The normalized spacial score (nSPS) is 17.2. The number of hydrogen-bond acceptors (Lipinski definition) is 3. The molecule has 2 heterocycles.